The molecule has 0 fully saturated rings. The summed E-state index contributed by atoms with van der Waals surface area (Å²) in [5.74, 6) is -1.19. The van der Waals surface area contributed by atoms with Crippen LogP contribution in [0.5, 0.6) is 0 Å². The van der Waals surface area contributed by atoms with Gasteiger partial charge in [-0.05, 0) is 35.9 Å². The highest BCUT2D eigenvalue weighted by Gasteiger charge is 2.21. The Hall–Kier alpha value is -4.17. The molecule has 0 saturated heterocycles. The van der Waals surface area contributed by atoms with E-state index in [1.807, 2.05) is 47.8 Å². The van der Waals surface area contributed by atoms with Crippen LogP contribution < -0.4 is 5.32 Å². The fourth-order valence-corrected chi connectivity index (χ4v) is 4.07. The third-order valence-corrected chi connectivity index (χ3v) is 5.85. The number of thiazole rings is 1. The number of nitrogens with zero attached hydrogens (tertiary/aromatic N) is 3. The van der Waals surface area contributed by atoms with E-state index in [1.165, 1.54) is 24.5 Å². The minimum atomic E-state index is -1.03. The summed E-state index contributed by atoms with van der Waals surface area (Å²) >= 11 is 1.31. The van der Waals surface area contributed by atoms with Crippen LogP contribution in [0.4, 0.5) is 5.13 Å². The van der Waals surface area contributed by atoms with Crippen molar-refractivity contribution in [3.8, 4) is 11.3 Å². The van der Waals surface area contributed by atoms with E-state index in [2.05, 4.69) is 32.4 Å². The van der Waals surface area contributed by atoms with Gasteiger partial charge in [-0.15, -0.1) is 11.3 Å². The predicted molar refractivity (Wildman–Crippen MR) is 128 cm³/mol. The smallest absolute Gasteiger partial charge is 0.359 e. The monoisotopic (exact) mass is 454 g/mol. The van der Waals surface area contributed by atoms with Crippen molar-refractivity contribution in [1.82, 2.24) is 15.0 Å². The van der Waals surface area contributed by atoms with Gasteiger partial charge in [-0.3, -0.25) is 15.1 Å². The minimum Gasteiger partial charge on any atom is -0.448 e. The molecule has 1 unspecified atom stereocenters. The number of ether oxygens (including phenoxy) is 1. The highest BCUT2D eigenvalue weighted by molar-refractivity contribution is 7.14. The standard InChI is InChI=1S/C25H18N4O3S/c1-15(32-24(31)21-13-26-19-8-4-5-9-20(19)27-21)23(30)29-25-28-22(14-33-25)18-11-10-16-6-2-3-7-17(16)12-18/h2-15H,1H3,(H,28,29,30). The van der Waals surface area contributed by atoms with E-state index in [9.17, 15) is 9.59 Å². The number of benzene rings is 3. The Balaban J connectivity index is 1.25. The van der Waals surface area contributed by atoms with Crippen molar-refractivity contribution in [2.75, 3.05) is 5.32 Å². The summed E-state index contributed by atoms with van der Waals surface area (Å²) in [6.45, 7) is 1.50. The average Bonchev–Trinajstić information content (AvgIpc) is 3.31. The molecule has 8 heteroatoms. The summed E-state index contributed by atoms with van der Waals surface area (Å²) in [5, 5.41) is 7.28. The van der Waals surface area contributed by atoms with Crippen molar-refractivity contribution < 1.29 is 14.3 Å². The fraction of sp³-hybridized carbons (Fsp3) is 0.0800. The summed E-state index contributed by atoms with van der Waals surface area (Å²) in [6, 6.07) is 21.4. The predicted octanol–water partition coefficient (Wildman–Crippen LogP) is 5.09. The molecule has 7 nitrogen and oxygen atoms in total. The van der Waals surface area contributed by atoms with Crippen LogP contribution in [0.25, 0.3) is 33.1 Å². The quantitative estimate of drug-likeness (QED) is 0.372. The van der Waals surface area contributed by atoms with Crippen LogP contribution in [0.1, 0.15) is 17.4 Å². The van der Waals surface area contributed by atoms with Crippen LogP contribution in [0.2, 0.25) is 0 Å². The SMILES string of the molecule is CC(OC(=O)c1cnc2ccccc2n1)C(=O)Nc1nc(-c2ccc3ccccc3c2)cs1. The number of amides is 1. The van der Waals surface area contributed by atoms with E-state index in [0.717, 1.165) is 22.0 Å². The van der Waals surface area contributed by atoms with Gasteiger partial charge in [0.2, 0.25) is 0 Å². The van der Waals surface area contributed by atoms with Crippen LogP contribution >= 0.6 is 11.3 Å². The molecule has 0 saturated carbocycles. The Labute approximate surface area is 193 Å². The van der Waals surface area contributed by atoms with Crippen LogP contribution in [0.3, 0.4) is 0 Å². The lowest BCUT2D eigenvalue weighted by Gasteiger charge is -2.12. The maximum absolute atomic E-state index is 12.6. The van der Waals surface area contributed by atoms with E-state index in [-0.39, 0.29) is 5.69 Å². The van der Waals surface area contributed by atoms with Gasteiger partial charge >= 0.3 is 5.97 Å². The molecule has 5 rings (SSSR count). The number of carbonyl (C=O) groups excluding carboxylic acids is 2. The molecule has 0 spiro atoms. The molecule has 0 radical (unpaired) electrons. The van der Waals surface area contributed by atoms with Gasteiger partial charge in [0.25, 0.3) is 5.91 Å². The van der Waals surface area contributed by atoms with E-state index in [1.54, 1.807) is 12.1 Å². The molecule has 2 aromatic heterocycles. The van der Waals surface area contributed by atoms with Crippen LogP contribution in [-0.4, -0.2) is 32.9 Å². The fourth-order valence-electron chi connectivity index (χ4n) is 3.35. The van der Waals surface area contributed by atoms with Gasteiger partial charge in [0.15, 0.2) is 16.9 Å². The molecule has 1 amide bonds. The molecule has 3 aromatic carbocycles. The molecule has 1 N–H and O–H groups in total. The first-order chi connectivity index (χ1) is 16.1. The van der Waals surface area contributed by atoms with Crippen molar-refractivity contribution >= 4 is 50.2 Å². The number of fused-ring (bicyclic) bond motifs is 2. The van der Waals surface area contributed by atoms with E-state index >= 15 is 0 Å². The van der Waals surface area contributed by atoms with Crippen LogP contribution in [-0.2, 0) is 9.53 Å². The minimum absolute atomic E-state index is 0.0428. The number of anilines is 1. The van der Waals surface area contributed by atoms with Crippen molar-refractivity contribution in [2.24, 2.45) is 0 Å². The third kappa shape index (κ3) is 4.42. The zero-order valence-electron chi connectivity index (χ0n) is 17.6. The molecule has 162 valence electrons. The largest absolute Gasteiger partial charge is 0.448 e. The Kier molecular flexibility index (Phi) is 5.50. The van der Waals surface area contributed by atoms with Gasteiger partial charge in [-0.2, -0.15) is 0 Å². The lowest BCUT2D eigenvalue weighted by atomic mass is 10.1. The zero-order chi connectivity index (χ0) is 22.8. The first-order valence-electron chi connectivity index (χ1n) is 10.3. The zero-order valence-corrected chi connectivity index (χ0v) is 18.4. The molecule has 1 atom stereocenters. The lowest BCUT2D eigenvalue weighted by molar-refractivity contribution is -0.123. The number of aromatic nitrogens is 3. The number of carbonyl (C=O) groups is 2. The molecule has 33 heavy (non-hydrogen) atoms. The molecule has 0 aliphatic rings. The normalized spacial score (nSPS) is 11.9. The average molecular weight is 455 g/mol. The summed E-state index contributed by atoms with van der Waals surface area (Å²) in [6.07, 6.45) is 0.310. The topological polar surface area (TPSA) is 94.1 Å². The van der Waals surface area contributed by atoms with Crippen LogP contribution in [0, 0.1) is 0 Å². The second-order valence-corrected chi connectivity index (χ2v) is 8.24. The summed E-state index contributed by atoms with van der Waals surface area (Å²) < 4.78 is 5.28. The van der Waals surface area contributed by atoms with Crippen molar-refractivity contribution in [2.45, 2.75) is 13.0 Å². The first kappa shape index (κ1) is 20.7. The molecular weight excluding hydrogens is 436 g/mol. The van der Waals surface area contributed by atoms with Gasteiger partial charge < -0.3 is 4.74 Å². The molecule has 2 heterocycles. The van der Waals surface area contributed by atoms with Gasteiger partial charge in [-0.25, -0.2) is 14.8 Å². The van der Waals surface area contributed by atoms with Crippen molar-refractivity contribution in [1.29, 1.82) is 0 Å². The first-order valence-corrected chi connectivity index (χ1v) is 11.1. The summed E-state index contributed by atoms with van der Waals surface area (Å²) in [4.78, 5) is 37.9. The third-order valence-electron chi connectivity index (χ3n) is 5.09. The molecule has 0 aliphatic carbocycles. The summed E-state index contributed by atoms with van der Waals surface area (Å²) in [5.41, 5.74) is 3.01. The Morgan fingerprint density at radius 1 is 0.939 bits per heavy atom. The second kappa shape index (κ2) is 8.76. The van der Waals surface area contributed by atoms with Crippen molar-refractivity contribution in [3.63, 3.8) is 0 Å². The van der Waals surface area contributed by atoms with E-state index < -0.39 is 18.0 Å². The number of esters is 1. The number of para-hydroxylation sites is 2. The number of hydrogen-bond donors (Lipinski definition) is 1. The Morgan fingerprint density at radius 2 is 1.70 bits per heavy atom. The number of rotatable bonds is 5. The lowest BCUT2D eigenvalue weighted by Crippen LogP contribution is -2.30. The van der Waals surface area contributed by atoms with Crippen LogP contribution in [0.15, 0.2) is 78.3 Å². The summed E-state index contributed by atoms with van der Waals surface area (Å²) in [7, 11) is 0. The Morgan fingerprint density at radius 3 is 2.55 bits per heavy atom. The maximum atomic E-state index is 12.6. The molecule has 5 aromatic rings. The van der Waals surface area contributed by atoms with E-state index in [4.69, 9.17) is 4.74 Å². The highest BCUT2D eigenvalue weighted by Crippen LogP contribution is 2.28. The van der Waals surface area contributed by atoms with E-state index in [0.29, 0.717) is 16.2 Å². The van der Waals surface area contributed by atoms with Gasteiger partial charge in [0.1, 0.15) is 0 Å². The van der Waals surface area contributed by atoms with Crippen molar-refractivity contribution in [3.05, 3.63) is 84.0 Å². The van der Waals surface area contributed by atoms with Gasteiger partial charge in [-0.1, -0.05) is 48.5 Å². The molecule has 0 bridgehead atoms. The maximum Gasteiger partial charge on any atom is 0.359 e. The Bertz CT molecular complexity index is 1500. The van der Waals surface area contributed by atoms with Gasteiger partial charge in [0, 0.05) is 10.9 Å². The molecular formula is C25H18N4O3S. The highest BCUT2D eigenvalue weighted by atomic mass is 32.1. The van der Waals surface area contributed by atoms with Gasteiger partial charge in [0.05, 0.1) is 22.9 Å². The molecule has 0 aliphatic heterocycles. The second-order valence-electron chi connectivity index (χ2n) is 7.38. The number of nitrogens with one attached hydrogen (secondary N) is 1. The number of hydrogen-bond acceptors (Lipinski definition) is 7.